The summed E-state index contributed by atoms with van der Waals surface area (Å²) in [6.07, 6.45) is 1.56. The van der Waals surface area contributed by atoms with Crippen molar-refractivity contribution in [2.75, 3.05) is 13.7 Å². The van der Waals surface area contributed by atoms with Gasteiger partial charge in [-0.2, -0.15) is 0 Å². The first kappa shape index (κ1) is 20.2. The minimum atomic E-state index is -0.563. The molecule has 6 heteroatoms. The molecule has 0 spiro atoms. The average molecular weight is 416 g/mol. The Morgan fingerprint density at radius 2 is 1.74 bits per heavy atom. The van der Waals surface area contributed by atoms with Crippen molar-refractivity contribution >= 4 is 17.8 Å². The van der Waals surface area contributed by atoms with Crippen LogP contribution in [0.2, 0.25) is 0 Å². The van der Waals surface area contributed by atoms with Crippen LogP contribution in [0.25, 0.3) is 6.08 Å². The van der Waals surface area contributed by atoms with Crippen LogP contribution >= 0.6 is 0 Å². The summed E-state index contributed by atoms with van der Waals surface area (Å²) in [5.41, 5.74) is 1.29. The number of rotatable bonds is 6. The predicted octanol–water partition coefficient (Wildman–Crippen LogP) is 4.93. The maximum atomic E-state index is 12.8. The normalized spacial score (nSPS) is 13.5. The largest absolute Gasteiger partial charge is 0.496 e. The minimum Gasteiger partial charge on any atom is -0.496 e. The van der Waals surface area contributed by atoms with Crippen LogP contribution in [-0.2, 0) is 0 Å². The molecule has 0 N–H and O–H groups in total. The van der Waals surface area contributed by atoms with Crippen LogP contribution in [0.4, 0.5) is 0 Å². The molecule has 3 aromatic carbocycles. The first-order valence-corrected chi connectivity index (χ1v) is 9.76. The minimum absolute atomic E-state index is 0.143. The Morgan fingerprint density at radius 1 is 1.00 bits per heavy atom. The molecular formula is C25H20O6. The Labute approximate surface area is 179 Å². The van der Waals surface area contributed by atoms with Gasteiger partial charge in [0.05, 0.1) is 19.3 Å². The molecular weight excluding hydrogens is 396 g/mol. The summed E-state index contributed by atoms with van der Waals surface area (Å²) in [5, 5.41) is 0. The number of esters is 1. The monoisotopic (exact) mass is 416 g/mol. The Hall–Kier alpha value is -4.06. The molecule has 0 atom stereocenters. The molecule has 1 aliphatic heterocycles. The first-order valence-electron chi connectivity index (χ1n) is 9.76. The topological polar surface area (TPSA) is 71.1 Å². The van der Waals surface area contributed by atoms with Gasteiger partial charge in [-0.3, -0.25) is 4.79 Å². The number of hydrogen-bond acceptors (Lipinski definition) is 6. The average Bonchev–Trinajstić information content (AvgIpc) is 3.09. The summed E-state index contributed by atoms with van der Waals surface area (Å²) in [4.78, 5) is 25.4. The number of carbonyl (C=O) groups is 2. The van der Waals surface area contributed by atoms with Gasteiger partial charge < -0.3 is 18.9 Å². The number of fused-ring (bicyclic) bond motifs is 1. The number of allylic oxidation sites excluding steroid dienone is 1. The Morgan fingerprint density at radius 3 is 2.52 bits per heavy atom. The maximum Gasteiger partial charge on any atom is 0.347 e. The molecule has 0 fully saturated rings. The summed E-state index contributed by atoms with van der Waals surface area (Å²) in [5.74, 6) is 1.11. The Kier molecular flexibility index (Phi) is 5.71. The van der Waals surface area contributed by atoms with E-state index in [1.807, 2.05) is 6.92 Å². The third-order valence-electron chi connectivity index (χ3n) is 4.69. The van der Waals surface area contributed by atoms with Crippen molar-refractivity contribution in [1.82, 2.24) is 0 Å². The highest BCUT2D eigenvalue weighted by Crippen LogP contribution is 2.36. The molecule has 0 amide bonds. The molecule has 0 aromatic heterocycles. The van der Waals surface area contributed by atoms with Crippen LogP contribution in [0.1, 0.15) is 33.2 Å². The summed E-state index contributed by atoms with van der Waals surface area (Å²) in [6.45, 7) is 2.40. The highest BCUT2D eigenvalue weighted by atomic mass is 16.5. The molecule has 0 saturated heterocycles. The second-order valence-electron chi connectivity index (χ2n) is 6.66. The lowest BCUT2D eigenvalue weighted by atomic mass is 10.1. The van der Waals surface area contributed by atoms with Gasteiger partial charge in [0, 0.05) is 11.6 Å². The lowest BCUT2D eigenvalue weighted by Crippen LogP contribution is -2.11. The fourth-order valence-electron chi connectivity index (χ4n) is 3.23. The van der Waals surface area contributed by atoms with E-state index in [1.165, 1.54) is 7.11 Å². The standard InChI is InChI=1S/C25H20O6/c1-3-29-17-12-13-18-22(15-17)30-23(24(18)26)14-16-8-4-6-10-20(16)31-25(27)19-9-5-7-11-21(19)28-2/h4-15H,3H2,1-2H3/b23-14-. The zero-order valence-corrected chi connectivity index (χ0v) is 17.1. The number of Topliss-reactive ketones (excluding diaryl/α,β-unsaturated/α-hetero) is 1. The second kappa shape index (κ2) is 8.75. The van der Waals surface area contributed by atoms with E-state index in [-0.39, 0.29) is 11.5 Å². The van der Waals surface area contributed by atoms with Crippen LogP contribution in [-0.4, -0.2) is 25.5 Å². The van der Waals surface area contributed by atoms with Crippen molar-refractivity contribution < 1.29 is 28.5 Å². The number of para-hydroxylation sites is 2. The van der Waals surface area contributed by atoms with Crippen molar-refractivity contribution in [3.05, 3.63) is 89.2 Å². The second-order valence-corrected chi connectivity index (χ2v) is 6.66. The molecule has 0 aliphatic carbocycles. The van der Waals surface area contributed by atoms with E-state index in [2.05, 4.69) is 0 Å². The molecule has 0 unspecified atom stereocenters. The summed E-state index contributed by atoms with van der Waals surface area (Å²) < 4.78 is 22.1. The molecule has 0 radical (unpaired) electrons. The van der Waals surface area contributed by atoms with E-state index in [4.69, 9.17) is 18.9 Å². The maximum absolute atomic E-state index is 12.8. The van der Waals surface area contributed by atoms with Crippen LogP contribution in [0.3, 0.4) is 0 Å². The van der Waals surface area contributed by atoms with E-state index in [0.717, 1.165) is 0 Å². The van der Waals surface area contributed by atoms with Crippen molar-refractivity contribution in [3.8, 4) is 23.0 Å². The zero-order valence-electron chi connectivity index (χ0n) is 17.1. The highest BCUT2D eigenvalue weighted by molar-refractivity contribution is 6.14. The molecule has 6 nitrogen and oxygen atoms in total. The summed E-state index contributed by atoms with van der Waals surface area (Å²) >= 11 is 0. The van der Waals surface area contributed by atoms with Gasteiger partial charge in [0.15, 0.2) is 5.76 Å². The van der Waals surface area contributed by atoms with E-state index in [9.17, 15) is 9.59 Å². The Balaban J connectivity index is 1.61. The van der Waals surface area contributed by atoms with E-state index < -0.39 is 5.97 Å². The lowest BCUT2D eigenvalue weighted by molar-refractivity contribution is 0.0730. The molecule has 156 valence electrons. The number of benzene rings is 3. The third-order valence-corrected chi connectivity index (χ3v) is 4.69. The van der Waals surface area contributed by atoms with Crippen molar-refractivity contribution in [2.45, 2.75) is 6.92 Å². The number of hydrogen-bond donors (Lipinski definition) is 0. The smallest absolute Gasteiger partial charge is 0.347 e. The number of ketones is 1. The number of ether oxygens (including phenoxy) is 4. The highest BCUT2D eigenvalue weighted by Gasteiger charge is 2.28. The van der Waals surface area contributed by atoms with E-state index in [1.54, 1.807) is 72.8 Å². The van der Waals surface area contributed by atoms with Crippen LogP contribution in [0, 0.1) is 0 Å². The van der Waals surface area contributed by atoms with Gasteiger partial charge in [-0.15, -0.1) is 0 Å². The van der Waals surface area contributed by atoms with Gasteiger partial charge in [-0.25, -0.2) is 4.79 Å². The SMILES string of the molecule is CCOc1ccc2c(c1)O/C(=C\c1ccccc1OC(=O)c1ccccc1OC)C2=O. The third kappa shape index (κ3) is 4.14. The number of carbonyl (C=O) groups excluding carboxylic acids is 2. The Bertz CT molecular complexity index is 1180. The van der Waals surface area contributed by atoms with Crippen molar-refractivity contribution in [1.29, 1.82) is 0 Å². The van der Waals surface area contributed by atoms with Gasteiger partial charge in [0.1, 0.15) is 28.6 Å². The van der Waals surface area contributed by atoms with Crippen LogP contribution in [0.5, 0.6) is 23.0 Å². The molecule has 0 bridgehead atoms. The molecule has 3 aromatic rings. The molecule has 31 heavy (non-hydrogen) atoms. The molecule has 4 rings (SSSR count). The van der Waals surface area contributed by atoms with Gasteiger partial charge in [0.2, 0.25) is 5.78 Å². The van der Waals surface area contributed by atoms with Crippen LogP contribution in [0.15, 0.2) is 72.5 Å². The van der Waals surface area contributed by atoms with Crippen LogP contribution < -0.4 is 18.9 Å². The van der Waals surface area contributed by atoms with E-state index >= 15 is 0 Å². The first-order chi connectivity index (χ1) is 15.1. The van der Waals surface area contributed by atoms with E-state index in [0.29, 0.717) is 46.3 Å². The fraction of sp³-hybridized carbons (Fsp3) is 0.120. The molecule has 1 heterocycles. The number of methoxy groups -OCH3 is 1. The fourth-order valence-corrected chi connectivity index (χ4v) is 3.23. The lowest BCUT2D eigenvalue weighted by Gasteiger charge is -2.10. The molecule has 1 aliphatic rings. The van der Waals surface area contributed by atoms with Crippen molar-refractivity contribution in [2.24, 2.45) is 0 Å². The summed E-state index contributed by atoms with van der Waals surface area (Å²) in [6, 6.07) is 18.8. The zero-order chi connectivity index (χ0) is 21.8. The van der Waals surface area contributed by atoms with Gasteiger partial charge in [-0.1, -0.05) is 30.3 Å². The van der Waals surface area contributed by atoms with Gasteiger partial charge >= 0.3 is 5.97 Å². The summed E-state index contributed by atoms with van der Waals surface area (Å²) in [7, 11) is 1.49. The van der Waals surface area contributed by atoms with Crippen molar-refractivity contribution in [3.63, 3.8) is 0 Å². The van der Waals surface area contributed by atoms with Gasteiger partial charge in [0.25, 0.3) is 0 Å². The molecule has 0 saturated carbocycles. The van der Waals surface area contributed by atoms with Gasteiger partial charge in [-0.05, 0) is 43.3 Å². The predicted molar refractivity (Wildman–Crippen MR) is 115 cm³/mol. The quantitative estimate of drug-likeness (QED) is 0.322.